The van der Waals surface area contributed by atoms with Gasteiger partial charge < -0.3 is 14.6 Å². The number of anilines is 1. The van der Waals surface area contributed by atoms with Crippen molar-refractivity contribution in [3.63, 3.8) is 0 Å². The van der Waals surface area contributed by atoms with Gasteiger partial charge in [0.25, 0.3) is 12.3 Å². The van der Waals surface area contributed by atoms with E-state index in [2.05, 4.69) is 10.3 Å². The quantitative estimate of drug-likeness (QED) is 0.799. The van der Waals surface area contributed by atoms with Crippen molar-refractivity contribution >= 4 is 35.5 Å². The van der Waals surface area contributed by atoms with Crippen molar-refractivity contribution in [1.82, 2.24) is 4.98 Å². The Morgan fingerprint density at radius 1 is 1.19 bits per heavy atom. The minimum Gasteiger partial charge on any atom is -0.399 e. The van der Waals surface area contributed by atoms with Crippen molar-refractivity contribution in [3.8, 4) is 0 Å². The minimum atomic E-state index is -2.81. The van der Waals surface area contributed by atoms with Crippen LogP contribution in [0.5, 0.6) is 0 Å². The van der Waals surface area contributed by atoms with Crippen LogP contribution in [0, 0.1) is 6.92 Å². The van der Waals surface area contributed by atoms with E-state index < -0.39 is 36.3 Å². The van der Waals surface area contributed by atoms with E-state index in [0.29, 0.717) is 16.2 Å². The molecule has 1 saturated heterocycles. The molecular weight excluding hydrogens is 373 g/mol. The summed E-state index contributed by atoms with van der Waals surface area (Å²) in [6.45, 7) is 9.32. The molecule has 9 heteroatoms. The first-order chi connectivity index (χ1) is 12.5. The molecule has 1 fully saturated rings. The number of aromatic nitrogens is 1. The van der Waals surface area contributed by atoms with Crippen LogP contribution in [0.4, 0.5) is 14.5 Å². The molecule has 1 aliphatic heterocycles. The van der Waals surface area contributed by atoms with Crippen molar-refractivity contribution in [1.29, 1.82) is 0 Å². The Labute approximate surface area is 161 Å². The number of para-hydroxylation sites is 1. The second-order valence-corrected chi connectivity index (χ2v) is 8.58. The van der Waals surface area contributed by atoms with Gasteiger partial charge in [0.15, 0.2) is 0 Å². The Kier molecular flexibility index (Phi) is 5.13. The molecule has 1 aromatic carbocycles. The predicted octanol–water partition coefficient (Wildman–Crippen LogP) is 3.94. The third-order valence-corrected chi connectivity index (χ3v) is 5.87. The lowest BCUT2D eigenvalue weighted by molar-refractivity contribution is 0.00578. The number of amides is 1. The highest BCUT2D eigenvalue weighted by Crippen LogP contribution is 2.37. The molecule has 2 aromatic rings. The maximum atomic E-state index is 13.2. The molecule has 0 atom stereocenters. The van der Waals surface area contributed by atoms with Gasteiger partial charge in [0, 0.05) is 11.2 Å². The number of hydrogen-bond donors (Lipinski definition) is 1. The van der Waals surface area contributed by atoms with Crippen LogP contribution in [0.3, 0.4) is 0 Å². The number of alkyl halides is 2. The van der Waals surface area contributed by atoms with Gasteiger partial charge >= 0.3 is 7.12 Å². The maximum absolute atomic E-state index is 13.2. The Bertz CT molecular complexity index is 854. The summed E-state index contributed by atoms with van der Waals surface area (Å²) in [5.41, 5.74) is -0.488. The third-order valence-electron chi connectivity index (χ3n) is 4.89. The molecule has 0 saturated carbocycles. The minimum absolute atomic E-state index is 0.0915. The van der Waals surface area contributed by atoms with Crippen LogP contribution in [0.2, 0.25) is 0 Å². The zero-order valence-corrected chi connectivity index (χ0v) is 16.6. The lowest BCUT2D eigenvalue weighted by atomic mass is 9.78. The van der Waals surface area contributed by atoms with Gasteiger partial charge in [0.2, 0.25) is 0 Å². The van der Waals surface area contributed by atoms with Crippen LogP contribution in [0.25, 0.3) is 0 Å². The normalized spacial score (nSPS) is 18.1. The maximum Gasteiger partial charge on any atom is 0.496 e. The van der Waals surface area contributed by atoms with Gasteiger partial charge in [-0.05, 0) is 40.7 Å². The van der Waals surface area contributed by atoms with Crippen LogP contribution in [0.15, 0.2) is 24.3 Å². The van der Waals surface area contributed by atoms with Gasteiger partial charge in [-0.1, -0.05) is 18.2 Å². The average molecular weight is 394 g/mol. The summed E-state index contributed by atoms with van der Waals surface area (Å²) >= 11 is 0.942. The molecule has 1 amide bonds. The first-order valence-corrected chi connectivity index (χ1v) is 9.35. The number of nitrogens with one attached hydrogen (secondary N) is 1. The molecule has 0 aliphatic carbocycles. The number of benzene rings is 1. The highest BCUT2D eigenvalue weighted by atomic mass is 32.1. The van der Waals surface area contributed by atoms with Gasteiger partial charge in [0.05, 0.1) is 16.2 Å². The second-order valence-electron chi connectivity index (χ2n) is 7.38. The molecule has 144 valence electrons. The molecule has 0 radical (unpaired) electrons. The topological polar surface area (TPSA) is 60.5 Å². The molecule has 27 heavy (non-hydrogen) atoms. The van der Waals surface area contributed by atoms with E-state index in [1.165, 1.54) is 0 Å². The Hall–Kier alpha value is -1.84. The molecule has 0 unspecified atom stereocenters. The van der Waals surface area contributed by atoms with Crippen molar-refractivity contribution < 1.29 is 22.9 Å². The van der Waals surface area contributed by atoms with Crippen LogP contribution in [-0.2, 0) is 9.31 Å². The monoisotopic (exact) mass is 394 g/mol. The van der Waals surface area contributed by atoms with E-state index in [1.54, 1.807) is 31.2 Å². The summed E-state index contributed by atoms with van der Waals surface area (Å²) in [5, 5.41) is 3.12. The summed E-state index contributed by atoms with van der Waals surface area (Å²) in [6, 6.07) is 7.02. The number of aryl methyl sites for hydroxylation is 1. The third kappa shape index (κ3) is 3.76. The van der Waals surface area contributed by atoms with E-state index in [4.69, 9.17) is 9.31 Å². The number of hydrogen-bond acceptors (Lipinski definition) is 5. The van der Waals surface area contributed by atoms with Crippen molar-refractivity contribution in [2.45, 2.75) is 52.2 Å². The van der Waals surface area contributed by atoms with Crippen LogP contribution in [-0.4, -0.2) is 29.2 Å². The fourth-order valence-corrected chi connectivity index (χ4v) is 3.54. The Morgan fingerprint density at radius 2 is 1.78 bits per heavy atom. The number of carbonyl (C=O) groups is 1. The van der Waals surface area contributed by atoms with E-state index in [1.807, 2.05) is 27.7 Å². The molecule has 2 heterocycles. The van der Waals surface area contributed by atoms with Crippen molar-refractivity contribution in [3.05, 3.63) is 39.8 Å². The fraction of sp³-hybridized carbons (Fsp3) is 0.444. The molecule has 3 rings (SSSR count). The van der Waals surface area contributed by atoms with Gasteiger partial charge in [-0.15, -0.1) is 11.3 Å². The summed E-state index contributed by atoms with van der Waals surface area (Å²) < 4.78 is 38.4. The summed E-state index contributed by atoms with van der Waals surface area (Å²) in [6.07, 6.45) is -2.81. The first-order valence-electron chi connectivity index (χ1n) is 8.53. The number of rotatable bonds is 4. The lowest BCUT2D eigenvalue weighted by Crippen LogP contribution is -2.41. The average Bonchev–Trinajstić information content (AvgIpc) is 3.05. The van der Waals surface area contributed by atoms with Gasteiger partial charge in [-0.2, -0.15) is 0 Å². The zero-order chi connectivity index (χ0) is 20.0. The summed E-state index contributed by atoms with van der Waals surface area (Å²) in [5.74, 6) is -0.625. The van der Waals surface area contributed by atoms with E-state index in [9.17, 15) is 13.6 Å². The Morgan fingerprint density at radius 3 is 2.37 bits per heavy atom. The van der Waals surface area contributed by atoms with Crippen LogP contribution >= 0.6 is 11.3 Å². The number of carbonyl (C=O) groups excluding carboxylic acids is 1. The predicted molar refractivity (Wildman–Crippen MR) is 102 cm³/mol. The standard InChI is InChI=1S/C18H21BF2N2O3S/c1-10-22-13(15(20)21)14(27-10)16(24)23-12-9-7-6-8-11(12)19-25-17(2,3)18(4,5)26-19/h6-9,15H,1-5H3,(H,23,24). The number of thiazole rings is 1. The highest BCUT2D eigenvalue weighted by molar-refractivity contribution is 7.13. The van der Waals surface area contributed by atoms with E-state index >= 15 is 0 Å². The van der Waals surface area contributed by atoms with Crippen LogP contribution < -0.4 is 10.8 Å². The van der Waals surface area contributed by atoms with Crippen LogP contribution in [0.1, 0.15) is 54.5 Å². The SMILES string of the molecule is Cc1nc(C(F)F)c(C(=O)Nc2ccccc2B2OC(C)(C)C(C)(C)O2)s1. The Balaban J connectivity index is 1.89. The van der Waals surface area contributed by atoms with Gasteiger partial charge in [-0.3, -0.25) is 4.79 Å². The second kappa shape index (κ2) is 6.96. The lowest BCUT2D eigenvalue weighted by Gasteiger charge is -2.32. The summed E-state index contributed by atoms with van der Waals surface area (Å²) in [4.78, 5) is 16.3. The molecular formula is C18H21BF2N2O3S. The summed E-state index contributed by atoms with van der Waals surface area (Å²) in [7, 11) is -0.677. The van der Waals surface area contributed by atoms with Gasteiger partial charge in [0.1, 0.15) is 10.6 Å². The molecule has 1 N–H and O–H groups in total. The molecule has 5 nitrogen and oxygen atoms in total. The van der Waals surface area contributed by atoms with E-state index in [-0.39, 0.29) is 4.88 Å². The van der Waals surface area contributed by atoms with Crippen molar-refractivity contribution in [2.24, 2.45) is 0 Å². The molecule has 1 aromatic heterocycles. The molecule has 0 bridgehead atoms. The molecule has 1 aliphatic rings. The first kappa shape index (κ1) is 19.9. The van der Waals surface area contributed by atoms with Gasteiger partial charge in [-0.25, -0.2) is 13.8 Å². The fourth-order valence-electron chi connectivity index (χ4n) is 2.72. The smallest absolute Gasteiger partial charge is 0.399 e. The largest absolute Gasteiger partial charge is 0.496 e. The number of halogens is 2. The van der Waals surface area contributed by atoms with E-state index in [0.717, 1.165) is 11.3 Å². The number of nitrogens with zero attached hydrogens (tertiary/aromatic N) is 1. The van der Waals surface area contributed by atoms with Crippen molar-refractivity contribution in [2.75, 3.05) is 5.32 Å². The highest BCUT2D eigenvalue weighted by Gasteiger charge is 2.52. The molecule has 0 spiro atoms. The zero-order valence-electron chi connectivity index (χ0n) is 15.8.